The third-order valence-electron chi connectivity index (χ3n) is 10.2. The maximum Gasteiger partial charge on any atom is 0.318 e. The Hall–Kier alpha value is -3.45. The lowest BCUT2D eigenvalue weighted by Crippen LogP contribution is -2.54. The van der Waals surface area contributed by atoms with E-state index in [1.54, 1.807) is 0 Å². The minimum atomic E-state index is 0.202. The molecule has 0 spiro atoms. The number of nitrogens with zero attached hydrogens (tertiary/aromatic N) is 8. The molecule has 9 heteroatoms. The molecule has 1 aromatic heterocycles. The monoisotopic (exact) mass is 580 g/mol. The highest BCUT2D eigenvalue weighted by molar-refractivity contribution is 5.97. The summed E-state index contributed by atoms with van der Waals surface area (Å²) in [7, 11) is 4.36. The zero-order chi connectivity index (χ0) is 29.5. The maximum atomic E-state index is 9.70. The van der Waals surface area contributed by atoms with Crippen LogP contribution in [0.2, 0.25) is 0 Å². The average Bonchev–Trinajstić information content (AvgIpc) is 3.55. The van der Waals surface area contributed by atoms with Crippen molar-refractivity contribution in [2.75, 3.05) is 76.3 Å². The second kappa shape index (κ2) is 11.9. The lowest BCUT2D eigenvalue weighted by atomic mass is 9.99. The van der Waals surface area contributed by atoms with Crippen LogP contribution in [0.15, 0.2) is 36.4 Å². The molecule has 2 aromatic carbocycles. The molecule has 0 bridgehead atoms. The maximum absolute atomic E-state index is 9.70. The van der Waals surface area contributed by atoms with Gasteiger partial charge in [0.1, 0.15) is 12.4 Å². The lowest BCUT2D eigenvalue weighted by Gasteiger charge is -2.42. The van der Waals surface area contributed by atoms with Crippen LogP contribution in [0, 0.1) is 18.3 Å². The highest BCUT2D eigenvalue weighted by Gasteiger charge is 2.37. The van der Waals surface area contributed by atoms with E-state index in [1.165, 1.54) is 34.0 Å². The number of rotatable bonds is 8. The van der Waals surface area contributed by atoms with E-state index in [0.29, 0.717) is 31.1 Å². The van der Waals surface area contributed by atoms with Crippen molar-refractivity contribution in [2.24, 2.45) is 0 Å². The SMILES string of the molecule is Cc1cccc2cccc(N3CCc4c(nc(OC[C@@H]5CCCN5C)nc4N4CCN(CC5C[N@]5C)[C@@H](CC#N)C4)C3)c12. The Kier molecular flexibility index (Phi) is 7.85. The first-order valence-electron chi connectivity index (χ1n) is 16.0. The first-order valence-corrected chi connectivity index (χ1v) is 16.0. The van der Waals surface area contributed by atoms with Crippen molar-refractivity contribution in [3.8, 4) is 12.1 Å². The molecule has 4 atom stereocenters. The largest absolute Gasteiger partial charge is 0.462 e. The summed E-state index contributed by atoms with van der Waals surface area (Å²) in [5.41, 5.74) is 4.87. The van der Waals surface area contributed by atoms with Crippen molar-refractivity contribution in [3.63, 3.8) is 0 Å². The average molecular weight is 581 g/mol. The van der Waals surface area contributed by atoms with E-state index >= 15 is 0 Å². The predicted molar refractivity (Wildman–Crippen MR) is 171 cm³/mol. The Morgan fingerprint density at radius 2 is 1.77 bits per heavy atom. The third kappa shape index (κ3) is 5.76. The van der Waals surface area contributed by atoms with E-state index in [9.17, 15) is 5.26 Å². The molecule has 9 nitrogen and oxygen atoms in total. The highest BCUT2D eigenvalue weighted by atomic mass is 16.5. The lowest BCUT2D eigenvalue weighted by molar-refractivity contribution is 0.173. The summed E-state index contributed by atoms with van der Waals surface area (Å²) in [6.07, 6.45) is 3.78. The molecule has 1 unspecified atom stereocenters. The Morgan fingerprint density at radius 1 is 0.930 bits per heavy atom. The van der Waals surface area contributed by atoms with Gasteiger partial charge in [-0.25, -0.2) is 0 Å². The van der Waals surface area contributed by atoms with E-state index in [4.69, 9.17) is 14.7 Å². The molecule has 0 N–H and O–H groups in total. The number of likely N-dealkylation sites (N-methyl/N-ethyl adjacent to an activating group) is 2. The molecule has 3 fully saturated rings. The summed E-state index contributed by atoms with van der Waals surface area (Å²) in [5.74, 6) is 1.01. The van der Waals surface area contributed by atoms with Gasteiger partial charge < -0.3 is 19.4 Å². The van der Waals surface area contributed by atoms with Crippen LogP contribution >= 0.6 is 0 Å². The van der Waals surface area contributed by atoms with Gasteiger partial charge in [0.25, 0.3) is 0 Å². The van der Waals surface area contributed by atoms with Gasteiger partial charge in [-0.1, -0.05) is 30.3 Å². The number of hydrogen-bond donors (Lipinski definition) is 0. The summed E-state index contributed by atoms with van der Waals surface area (Å²) in [4.78, 5) is 22.4. The normalized spacial score (nSPS) is 26.0. The molecule has 5 heterocycles. The number of likely N-dealkylation sites (tertiary alicyclic amines) is 1. The number of aryl methyl sites for hydroxylation is 1. The van der Waals surface area contributed by atoms with Crippen LogP contribution in [0.4, 0.5) is 11.5 Å². The van der Waals surface area contributed by atoms with Gasteiger partial charge in [-0.3, -0.25) is 9.80 Å². The molecular formula is C34H44N8O. The fraction of sp³-hybridized carbons (Fsp3) is 0.559. The van der Waals surface area contributed by atoms with Gasteiger partial charge in [-0.2, -0.15) is 15.2 Å². The Morgan fingerprint density at radius 3 is 2.53 bits per heavy atom. The van der Waals surface area contributed by atoms with Crippen LogP contribution in [0.5, 0.6) is 6.01 Å². The van der Waals surface area contributed by atoms with Gasteiger partial charge in [-0.15, -0.1) is 0 Å². The molecule has 0 saturated carbocycles. The summed E-state index contributed by atoms with van der Waals surface area (Å²) in [6, 6.07) is 17.3. The van der Waals surface area contributed by atoms with Crippen molar-refractivity contribution >= 4 is 22.3 Å². The number of piperazine rings is 1. The zero-order valence-electron chi connectivity index (χ0n) is 25.9. The molecule has 0 radical (unpaired) electrons. The van der Waals surface area contributed by atoms with Gasteiger partial charge in [0, 0.05) is 74.0 Å². The molecule has 3 aromatic rings. The first-order chi connectivity index (χ1) is 21.0. The van der Waals surface area contributed by atoms with Crippen LogP contribution in [-0.2, 0) is 13.0 Å². The Labute approximate surface area is 255 Å². The quantitative estimate of drug-likeness (QED) is 0.371. The third-order valence-corrected chi connectivity index (χ3v) is 10.2. The summed E-state index contributed by atoms with van der Waals surface area (Å²) in [6.45, 7) is 10.4. The van der Waals surface area contributed by atoms with Crippen LogP contribution in [-0.4, -0.2) is 109 Å². The van der Waals surface area contributed by atoms with Gasteiger partial charge in [0.2, 0.25) is 0 Å². The minimum absolute atomic E-state index is 0.202. The number of fused-ring (bicyclic) bond motifs is 2. The number of hydrogen-bond acceptors (Lipinski definition) is 9. The van der Waals surface area contributed by atoms with E-state index in [2.05, 4.69) is 88.0 Å². The highest BCUT2D eigenvalue weighted by Crippen LogP contribution is 2.36. The van der Waals surface area contributed by atoms with E-state index in [0.717, 1.165) is 76.7 Å². The molecule has 0 amide bonds. The van der Waals surface area contributed by atoms with E-state index in [1.807, 2.05) is 0 Å². The number of benzene rings is 2. The van der Waals surface area contributed by atoms with Crippen LogP contribution < -0.4 is 14.5 Å². The second-order valence-corrected chi connectivity index (χ2v) is 13.0. The molecule has 226 valence electrons. The standard InChI is InChI=1S/C34H44N8O/c1-24-7-4-8-25-9-5-11-31(32(24)25)41-16-13-29-30(22-41)36-34(43-23-27-10-6-15-38(27)2)37-33(29)42-18-17-40(21-28-19-39(28)3)26(20-42)12-14-35/h4-5,7-9,11,26-28H,6,10,12-13,15-23H2,1-3H3/t26-,27-,28?,39-/m0/s1. The van der Waals surface area contributed by atoms with E-state index < -0.39 is 0 Å². The van der Waals surface area contributed by atoms with Crippen molar-refractivity contribution in [1.82, 2.24) is 24.7 Å². The number of anilines is 2. The molecule has 7 rings (SSSR count). The topological polar surface area (TPSA) is 74.8 Å². The molecule has 43 heavy (non-hydrogen) atoms. The van der Waals surface area contributed by atoms with Gasteiger partial charge >= 0.3 is 6.01 Å². The fourth-order valence-corrected chi connectivity index (χ4v) is 7.43. The molecular weight excluding hydrogens is 536 g/mol. The smallest absolute Gasteiger partial charge is 0.318 e. The summed E-state index contributed by atoms with van der Waals surface area (Å²) >= 11 is 0. The van der Waals surface area contributed by atoms with Crippen molar-refractivity contribution in [1.29, 1.82) is 5.26 Å². The predicted octanol–water partition coefficient (Wildman–Crippen LogP) is 3.69. The molecule has 4 aliphatic heterocycles. The summed E-state index contributed by atoms with van der Waals surface area (Å²) < 4.78 is 6.38. The first kappa shape index (κ1) is 28.3. The van der Waals surface area contributed by atoms with Crippen molar-refractivity contribution in [3.05, 3.63) is 53.2 Å². The van der Waals surface area contributed by atoms with Gasteiger partial charge in [0.15, 0.2) is 0 Å². The zero-order valence-corrected chi connectivity index (χ0v) is 25.9. The second-order valence-electron chi connectivity index (χ2n) is 13.0. The Balaban J connectivity index is 1.19. The molecule has 3 saturated heterocycles. The molecule has 4 aliphatic rings. The summed E-state index contributed by atoms with van der Waals surface area (Å²) in [5, 5.41) is 12.3. The van der Waals surface area contributed by atoms with Crippen LogP contribution in [0.3, 0.4) is 0 Å². The van der Waals surface area contributed by atoms with Gasteiger partial charge in [-0.05, 0) is 63.8 Å². The van der Waals surface area contributed by atoms with Crippen molar-refractivity contribution in [2.45, 2.75) is 57.3 Å². The fourth-order valence-electron chi connectivity index (χ4n) is 7.43. The van der Waals surface area contributed by atoms with Crippen LogP contribution in [0.1, 0.15) is 36.1 Å². The number of ether oxygens (including phenoxy) is 1. The van der Waals surface area contributed by atoms with E-state index in [-0.39, 0.29) is 6.04 Å². The van der Waals surface area contributed by atoms with Crippen molar-refractivity contribution < 1.29 is 4.74 Å². The number of aromatic nitrogens is 2. The number of nitriles is 1. The van der Waals surface area contributed by atoms with Crippen LogP contribution in [0.25, 0.3) is 10.8 Å². The van der Waals surface area contributed by atoms with Gasteiger partial charge in [0.05, 0.1) is 24.7 Å². The molecule has 0 aliphatic carbocycles. The Bertz CT molecular complexity index is 1520. The minimum Gasteiger partial charge on any atom is -0.462 e.